The molecule has 0 spiro atoms. The van der Waals surface area contributed by atoms with Crippen molar-refractivity contribution >= 4 is 28.7 Å². The lowest BCUT2D eigenvalue weighted by Crippen LogP contribution is -2.31. The number of nitrogens with one attached hydrogen (secondary N) is 1. The van der Waals surface area contributed by atoms with Crippen molar-refractivity contribution in [1.82, 2.24) is 24.4 Å². The maximum Gasteiger partial charge on any atom is 0.275 e. The van der Waals surface area contributed by atoms with E-state index in [9.17, 15) is 9.59 Å². The Balaban J connectivity index is 1.27. The van der Waals surface area contributed by atoms with Gasteiger partial charge in [-0.2, -0.15) is 0 Å². The lowest BCUT2D eigenvalue weighted by Gasteiger charge is -2.25. The summed E-state index contributed by atoms with van der Waals surface area (Å²) < 4.78 is 2.05. The van der Waals surface area contributed by atoms with Gasteiger partial charge in [-0.05, 0) is 80.6 Å². The topological polar surface area (TPSA) is 93.0 Å². The van der Waals surface area contributed by atoms with Crippen LogP contribution in [0, 0.1) is 20.8 Å². The summed E-state index contributed by atoms with van der Waals surface area (Å²) in [6.07, 6.45) is 5.64. The van der Waals surface area contributed by atoms with Crippen LogP contribution < -0.4 is 5.32 Å². The van der Waals surface area contributed by atoms with Gasteiger partial charge >= 0.3 is 0 Å². The van der Waals surface area contributed by atoms with E-state index in [4.69, 9.17) is 0 Å². The van der Waals surface area contributed by atoms with Crippen LogP contribution in [-0.2, 0) is 11.3 Å². The van der Waals surface area contributed by atoms with Gasteiger partial charge in [0.1, 0.15) is 11.5 Å². The van der Waals surface area contributed by atoms with Crippen LogP contribution in [0.2, 0.25) is 0 Å². The smallest absolute Gasteiger partial charge is 0.275 e. The summed E-state index contributed by atoms with van der Waals surface area (Å²) in [5.41, 5.74) is 6.49. The van der Waals surface area contributed by atoms with Gasteiger partial charge in [0.25, 0.3) is 5.91 Å². The molecule has 4 heterocycles. The number of carbonyl (C=O) groups is 2. The summed E-state index contributed by atoms with van der Waals surface area (Å²) >= 11 is 0. The summed E-state index contributed by atoms with van der Waals surface area (Å²) in [5.74, 6) is 0.248. The number of likely N-dealkylation sites (tertiary alicyclic amines) is 1. The molecule has 2 amide bonds. The molecule has 1 fully saturated rings. The highest BCUT2D eigenvalue weighted by atomic mass is 16.2. The van der Waals surface area contributed by atoms with E-state index in [0.717, 1.165) is 35.1 Å². The second-order valence-electron chi connectivity index (χ2n) is 9.48. The van der Waals surface area contributed by atoms with Crippen LogP contribution in [0.4, 0.5) is 5.82 Å². The first-order valence-corrected chi connectivity index (χ1v) is 12.3. The molecular formula is C28H30N6O2. The molecule has 8 heteroatoms. The van der Waals surface area contributed by atoms with Gasteiger partial charge in [-0.15, -0.1) is 0 Å². The van der Waals surface area contributed by atoms with E-state index in [-0.39, 0.29) is 17.9 Å². The van der Waals surface area contributed by atoms with Crippen LogP contribution in [0.3, 0.4) is 0 Å². The normalized spacial score (nSPS) is 15.4. The third-order valence-corrected chi connectivity index (χ3v) is 6.87. The van der Waals surface area contributed by atoms with Gasteiger partial charge in [0.05, 0.1) is 29.1 Å². The zero-order valence-corrected chi connectivity index (χ0v) is 20.9. The maximum absolute atomic E-state index is 13.2. The molecule has 184 valence electrons. The van der Waals surface area contributed by atoms with E-state index in [1.165, 1.54) is 11.1 Å². The Morgan fingerprint density at radius 2 is 1.89 bits per heavy atom. The molecule has 4 aromatic rings. The molecule has 1 atom stereocenters. The first kappa shape index (κ1) is 23.7. The van der Waals surface area contributed by atoms with Crippen LogP contribution in [0.1, 0.15) is 58.2 Å². The van der Waals surface area contributed by atoms with Crippen molar-refractivity contribution in [3.63, 3.8) is 0 Å². The fourth-order valence-corrected chi connectivity index (χ4v) is 4.71. The third-order valence-electron chi connectivity index (χ3n) is 6.87. The minimum absolute atomic E-state index is 0.0868. The largest absolute Gasteiger partial charge is 0.334 e. The predicted molar refractivity (Wildman–Crippen MR) is 139 cm³/mol. The van der Waals surface area contributed by atoms with Crippen molar-refractivity contribution in [1.29, 1.82) is 0 Å². The fraction of sp³-hybridized carbons (Fsp3) is 0.321. The monoisotopic (exact) mass is 482 g/mol. The SMILES string of the molecule is Cc1ccc(NC(=O)c2cccc(C3CCCN3C(=O)CCn3cnc4cc(C)c(C)cc43)n2)nc1. The lowest BCUT2D eigenvalue weighted by atomic mass is 10.1. The van der Waals surface area contributed by atoms with E-state index < -0.39 is 0 Å². The van der Waals surface area contributed by atoms with E-state index in [1.807, 2.05) is 40.9 Å². The highest BCUT2D eigenvalue weighted by Crippen LogP contribution is 2.31. The quantitative estimate of drug-likeness (QED) is 0.428. The number of imidazole rings is 1. The average Bonchev–Trinajstić information content (AvgIpc) is 3.52. The summed E-state index contributed by atoms with van der Waals surface area (Å²) in [5, 5.41) is 2.79. The minimum atomic E-state index is -0.318. The highest BCUT2D eigenvalue weighted by molar-refractivity contribution is 6.02. The number of aromatic nitrogens is 4. The summed E-state index contributed by atoms with van der Waals surface area (Å²) in [7, 11) is 0. The van der Waals surface area contributed by atoms with Crippen molar-refractivity contribution in [2.75, 3.05) is 11.9 Å². The van der Waals surface area contributed by atoms with Gasteiger partial charge in [-0.3, -0.25) is 9.59 Å². The molecule has 5 rings (SSSR count). The second-order valence-corrected chi connectivity index (χ2v) is 9.48. The number of rotatable bonds is 6. The van der Waals surface area contributed by atoms with Gasteiger partial charge in [0.15, 0.2) is 0 Å². The molecule has 0 aliphatic carbocycles. The van der Waals surface area contributed by atoms with Gasteiger partial charge in [-0.1, -0.05) is 12.1 Å². The molecule has 1 N–H and O–H groups in total. The Hall–Kier alpha value is -4.07. The van der Waals surface area contributed by atoms with Crippen molar-refractivity contribution in [3.8, 4) is 0 Å². The number of carbonyl (C=O) groups excluding carboxylic acids is 2. The van der Waals surface area contributed by atoms with Gasteiger partial charge in [0, 0.05) is 25.7 Å². The van der Waals surface area contributed by atoms with Crippen LogP contribution >= 0.6 is 0 Å². The van der Waals surface area contributed by atoms with Crippen molar-refractivity contribution in [2.24, 2.45) is 0 Å². The average molecular weight is 483 g/mol. The van der Waals surface area contributed by atoms with E-state index in [0.29, 0.717) is 31.0 Å². The van der Waals surface area contributed by atoms with E-state index >= 15 is 0 Å². The molecular weight excluding hydrogens is 452 g/mol. The number of benzene rings is 1. The minimum Gasteiger partial charge on any atom is -0.334 e. The van der Waals surface area contributed by atoms with Gasteiger partial charge in [-0.25, -0.2) is 15.0 Å². The predicted octanol–water partition coefficient (Wildman–Crippen LogP) is 4.76. The summed E-state index contributed by atoms with van der Waals surface area (Å²) in [4.78, 5) is 41.3. The lowest BCUT2D eigenvalue weighted by molar-refractivity contribution is -0.132. The van der Waals surface area contributed by atoms with E-state index in [2.05, 4.69) is 46.2 Å². The molecule has 0 saturated carbocycles. The number of aryl methyl sites for hydroxylation is 4. The zero-order chi connectivity index (χ0) is 25.2. The number of pyridine rings is 2. The molecule has 0 radical (unpaired) electrons. The Kier molecular flexibility index (Phi) is 6.50. The zero-order valence-electron chi connectivity index (χ0n) is 20.9. The number of anilines is 1. The Morgan fingerprint density at radius 1 is 1.06 bits per heavy atom. The van der Waals surface area contributed by atoms with Crippen LogP contribution in [0.5, 0.6) is 0 Å². The number of hydrogen-bond acceptors (Lipinski definition) is 5. The number of fused-ring (bicyclic) bond motifs is 1. The first-order valence-electron chi connectivity index (χ1n) is 12.3. The molecule has 0 bridgehead atoms. The Morgan fingerprint density at radius 3 is 2.69 bits per heavy atom. The summed E-state index contributed by atoms with van der Waals surface area (Å²) in [6.45, 7) is 7.37. The van der Waals surface area contributed by atoms with Crippen molar-refractivity contribution in [3.05, 3.63) is 83.1 Å². The summed E-state index contributed by atoms with van der Waals surface area (Å²) in [6, 6.07) is 13.1. The van der Waals surface area contributed by atoms with Crippen LogP contribution in [0.15, 0.2) is 55.0 Å². The highest BCUT2D eigenvalue weighted by Gasteiger charge is 2.31. The first-order chi connectivity index (χ1) is 17.4. The van der Waals surface area contributed by atoms with Gasteiger partial charge < -0.3 is 14.8 Å². The maximum atomic E-state index is 13.2. The molecule has 1 unspecified atom stereocenters. The number of nitrogens with zero attached hydrogens (tertiary/aromatic N) is 5. The number of amides is 2. The third kappa shape index (κ3) is 4.84. The molecule has 1 aliphatic rings. The standard InChI is InChI=1S/C28H30N6O2/c1-18-9-10-26(29-16-18)32-28(36)22-7-4-6-21(31-22)24-8-5-12-34(24)27(35)11-13-33-17-30-23-14-19(2)20(3)15-25(23)33/h4,6-7,9-10,14-17,24H,5,8,11-13H2,1-3H3,(H,29,32,36). The molecule has 1 saturated heterocycles. The molecule has 36 heavy (non-hydrogen) atoms. The fourth-order valence-electron chi connectivity index (χ4n) is 4.71. The second kappa shape index (κ2) is 9.89. The Bertz CT molecular complexity index is 1430. The molecule has 8 nitrogen and oxygen atoms in total. The molecule has 3 aromatic heterocycles. The Labute approximate surface area is 210 Å². The number of hydrogen-bond donors (Lipinski definition) is 1. The molecule has 1 aliphatic heterocycles. The van der Waals surface area contributed by atoms with Crippen LogP contribution in [-0.4, -0.2) is 42.8 Å². The van der Waals surface area contributed by atoms with E-state index in [1.54, 1.807) is 18.3 Å². The van der Waals surface area contributed by atoms with Crippen molar-refractivity contribution < 1.29 is 9.59 Å². The van der Waals surface area contributed by atoms with Crippen LogP contribution in [0.25, 0.3) is 11.0 Å². The van der Waals surface area contributed by atoms with Gasteiger partial charge in [0.2, 0.25) is 5.91 Å². The van der Waals surface area contributed by atoms with Crippen molar-refractivity contribution in [2.45, 2.75) is 52.6 Å². The molecule has 1 aromatic carbocycles.